The summed E-state index contributed by atoms with van der Waals surface area (Å²) in [5, 5.41) is 9.32. The molecule has 0 amide bonds. The molecule has 0 fully saturated rings. The Morgan fingerprint density at radius 2 is 2.21 bits per heavy atom. The van der Waals surface area contributed by atoms with Crippen molar-refractivity contribution in [1.29, 1.82) is 0 Å². The average Bonchev–Trinajstić information content (AvgIpc) is 2.83. The van der Waals surface area contributed by atoms with Gasteiger partial charge in [-0.25, -0.2) is 4.39 Å². The number of ether oxygens (including phenoxy) is 1. The Kier molecular flexibility index (Phi) is 3.79. The van der Waals surface area contributed by atoms with Crippen LogP contribution in [0.5, 0.6) is 5.75 Å². The number of alkyl halides is 2. The van der Waals surface area contributed by atoms with Crippen molar-refractivity contribution in [2.24, 2.45) is 0 Å². The lowest BCUT2D eigenvalue weighted by Gasteiger charge is -2.12. The molecule has 0 saturated heterocycles. The molecule has 0 radical (unpaired) electrons. The van der Waals surface area contributed by atoms with E-state index in [2.05, 4.69) is 20.3 Å². The molecule has 0 aliphatic rings. The number of anilines is 2. The van der Waals surface area contributed by atoms with Gasteiger partial charge in [0, 0.05) is 18.3 Å². The van der Waals surface area contributed by atoms with Crippen molar-refractivity contribution in [1.82, 2.24) is 10.2 Å². The third-order valence-corrected chi connectivity index (χ3v) is 2.35. The predicted octanol–water partition coefficient (Wildman–Crippen LogP) is 2.34. The minimum absolute atomic E-state index is 0.0960. The summed E-state index contributed by atoms with van der Waals surface area (Å²) in [6.45, 7) is -2.76. The summed E-state index contributed by atoms with van der Waals surface area (Å²) in [6.07, 6.45) is 1.57. The zero-order chi connectivity index (χ0) is 13.8. The van der Waals surface area contributed by atoms with Gasteiger partial charge in [-0.05, 0) is 6.07 Å². The van der Waals surface area contributed by atoms with Gasteiger partial charge in [-0.1, -0.05) is 0 Å². The number of aromatic amines is 1. The predicted molar refractivity (Wildman–Crippen MR) is 63.4 cm³/mol. The smallest absolute Gasteiger partial charge is 0.387 e. The number of nitrogens with two attached hydrogens (primary N) is 1. The van der Waals surface area contributed by atoms with Crippen molar-refractivity contribution in [3.63, 3.8) is 0 Å². The third kappa shape index (κ3) is 3.30. The Labute approximate surface area is 106 Å². The third-order valence-electron chi connectivity index (χ3n) is 2.35. The molecule has 0 atom stereocenters. The highest BCUT2D eigenvalue weighted by Gasteiger charge is 2.13. The number of hydrogen-bond acceptors (Lipinski definition) is 4. The number of hydrogen-bond donors (Lipinski definition) is 3. The first kappa shape index (κ1) is 13.1. The fraction of sp³-hybridized carbons (Fsp3) is 0.182. The number of rotatable bonds is 5. The van der Waals surface area contributed by atoms with Gasteiger partial charge in [-0.3, -0.25) is 5.10 Å². The van der Waals surface area contributed by atoms with Crippen LogP contribution in [-0.2, 0) is 6.54 Å². The minimum Gasteiger partial charge on any atom is -0.432 e. The molecule has 5 nitrogen and oxygen atoms in total. The van der Waals surface area contributed by atoms with Gasteiger partial charge in [0.15, 0.2) is 11.6 Å². The molecule has 0 unspecified atom stereocenters. The molecule has 4 N–H and O–H groups in total. The molecule has 0 bridgehead atoms. The molecule has 0 aliphatic carbocycles. The lowest BCUT2D eigenvalue weighted by molar-refractivity contribution is -0.0521. The first-order valence-electron chi connectivity index (χ1n) is 5.32. The quantitative estimate of drug-likeness (QED) is 0.730. The van der Waals surface area contributed by atoms with Gasteiger partial charge in [-0.15, -0.1) is 0 Å². The van der Waals surface area contributed by atoms with Crippen LogP contribution in [0.1, 0.15) is 5.69 Å². The number of benzene rings is 1. The van der Waals surface area contributed by atoms with Crippen LogP contribution in [0.4, 0.5) is 24.5 Å². The summed E-state index contributed by atoms with van der Waals surface area (Å²) >= 11 is 0. The average molecular weight is 272 g/mol. The van der Waals surface area contributed by atoms with E-state index in [0.29, 0.717) is 12.2 Å². The van der Waals surface area contributed by atoms with Crippen LogP contribution < -0.4 is 15.8 Å². The van der Waals surface area contributed by atoms with Crippen LogP contribution in [0.3, 0.4) is 0 Å². The normalized spacial score (nSPS) is 10.7. The SMILES string of the molecule is Nc1cc(F)c(OC(F)F)cc1NCc1ccn[nH]1. The van der Waals surface area contributed by atoms with Crippen molar-refractivity contribution in [3.05, 3.63) is 35.9 Å². The lowest BCUT2D eigenvalue weighted by Crippen LogP contribution is -2.07. The second kappa shape index (κ2) is 5.51. The molecule has 0 saturated carbocycles. The number of nitrogen functional groups attached to an aromatic ring is 1. The van der Waals surface area contributed by atoms with Crippen molar-refractivity contribution >= 4 is 11.4 Å². The van der Waals surface area contributed by atoms with Crippen molar-refractivity contribution < 1.29 is 17.9 Å². The second-order valence-electron chi connectivity index (χ2n) is 3.68. The number of aromatic nitrogens is 2. The van der Waals surface area contributed by atoms with E-state index in [9.17, 15) is 13.2 Å². The number of H-pyrrole nitrogens is 1. The van der Waals surface area contributed by atoms with E-state index in [1.54, 1.807) is 12.3 Å². The largest absolute Gasteiger partial charge is 0.432 e. The van der Waals surface area contributed by atoms with Crippen LogP contribution in [0, 0.1) is 5.82 Å². The summed E-state index contributed by atoms with van der Waals surface area (Å²) in [5.41, 5.74) is 6.75. The van der Waals surface area contributed by atoms with Crippen molar-refractivity contribution in [2.45, 2.75) is 13.2 Å². The molecule has 1 aromatic carbocycles. The Balaban J connectivity index is 2.15. The van der Waals surface area contributed by atoms with E-state index in [0.717, 1.165) is 17.8 Å². The monoisotopic (exact) mass is 272 g/mol. The molecular formula is C11H11F3N4O. The van der Waals surface area contributed by atoms with Crippen molar-refractivity contribution in [2.75, 3.05) is 11.1 Å². The van der Waals surface area contributed by atoms with Crippen LogP contribution in [0.25, 0.3) is 0 Å². The zero-order valence-electron chi connectivity index (χ0n) is 9.66. The van der Waals surface area contributed by atoms with Crippen LogP contribution in [0.15, 0.2) is 24.4 Å². The summed E-state index contributed by atoms with van der Waals surface area (Å²) in [6, 6.07) is 3.74. The summed E-state index contributed by atoms with van der Waals surface area (Å²) in [4.78, 5) is 0. The number of nitrogens with one attached hydrogen (secondary N) is 2. The number of halogens is 3. The van der Waals surface area contributed by atoms with E-state index in [4.69, 9.17) is 5.73 Å². The molecule has 1 heterocycles. The topological polar surface area (TPSA) is 76.0 Å². The maximum Gasteiger partial charge on any atom is 0.387 e. The molecule has 8 heteroatoms. The highest BCUT2D eigenvalue weighted by Crippen LogP contribution is 2.29. The van der Waals surface area contributed by atoms with Crippen LogP contribution in [-0.4, -0.2) is 16.8 Å². The fourth-order valence-corrected chi connectivity index (χ4v) is 1.48. The highest BCUT2D eigenvalue weighted by atomic mass is 19.3. The maximum absolute atomic E-state index is 13.3. The first-order valence-corrected chi connectivity index (χ1v) is 5.32. The van der Waals surface area contributed by atoms with E-state index >= 15 is 0 Å². The van der Waals surface area contributed by atoms with Crippen LogP contribution >= 0.6 is 0 Å². The molecule has 2 aromatic rings. The molecule has 102 valence electrons. The Bertz CT molecular complexity index is 545. The molecule has 19 heavy (non-hydrogen) atoms. The fourth-order valence-electron chi connectivity index (χ4n) is 1.48. The van der Waals surface area contributed by atoms with Crippen molar-refractivity contribution in [3.8, 4) is 5.75 Å². The zero-order valence-corrected chi connectivity index (χ0v) is 9.66. The van der Waals surface area contributed by atoms with Gasteiger partial charge in [0.25, 0.3) is 0 Å². The molecule has 1 aromatic heterocycles. The van der Waals surface area contributed by atoms with E-state index in [-0.39, 0.29) is 5.69 Å². The van der Waals surface area contributed by atoms with Gasteiger partial charge in [0.2, 0.25) is 0 Å². The summed E-state index contributed by atoms with van der Waals surface area (Å²) in [5.74, 6) is -1.50. The maximum atomic E-state index is 13.3. The van der Waals surface area contributed by atoms with Gasteiger partial charge in [0.1, 0.15) is 0 Å². The van der Waals surface area contributed by atoms with E-state index < -0.39 is 18.2 Å². The second-order valence-corrected chi connectivity index (χ2v) is 3.68. The standard InChI is InChI=1S/C11H11F3N4O/c12-7-3-8(15)9(4-10(7)19-11(13)14)16-5-6-1-2-17-18-6/h1-4,11,16H,5,15H2,(H,17,18). The Hall–Kier alpha value is -2.38. The minimum atomic E-state index is -3.10. The van der Waals surface area contributed by atoms with Crippen LogP contribution in [0.2, 0.25) is 0 Å². The molecule has 2 rings (SSSR count). The van der Waals surface area contributed by atoms with Gasteiger partial charge in [-0.2, -0.15) is 13.9 Å². The Morgan fingerprint density at radius 3 is 2.84 bits per heavy atom. The summed E-state index contributed by atoms with van der Waals surface area (Å²) < 4.78 is 41.6. The van der Waals surface area contributed by atoms with Gasteiger partial charge < -0.3 is 15.8 Å². The Morgan fingerprint density at radius 1 is 1.42 bits per heavy atom. The van der Waals surface area contributed by atoms with Gasteiger partial charge in [0.05, 0.1) is 23.6 Å². The highest BCUT2D eigenvalue weighted by molar-refractivity contribution is 5.68. The molecular weight excluding hydrogens is 261 g/mol. The molecule has 0 spiro atoms. The van der Waals surface area contributed by atoms with E-state index in [1.807, 2.05) is 0 Å². The number of nitrogens with zero attached hydrogens (tertiary/aromatic N) is 1. The van der Waals surface area contributed by atoms with E-state index in [1.165, 1.54) is 0 Å². The summed E-state index contributed by atoms with van der Waals surface area (Å²) in [7, 11) is 0. The first-order chi connectivity index (χ1) is 9.06. The molecule has 0 aliphatic heterocycles. The van der Waals surface area contributed by atoms with Gasteiger partial charge >= 0.3 is 6.61 Å². The lowest BCUT2D eigenvalue weighted by atomic mass is 10.2.